The Kier molecular flexibility index (Phi) is 5.37. The average Bonchev–Trinajstić information content (AvgIpc) is 2.62. The summed E-state index contributed by atoms with van der Waals surface area (Å²) in [5.41, 5.74) is 2.51. The van der Waals surface area contributed by atoms with E-state index >= 15 is 0 Å². The lowest BCUT2D eigenvalue weighted by molar-refractivity contribution is 0.384. The molecular formula is C19H23ClN2O2S. The van der Waals surface area contributed by atoms with Crippen molar-refractivity contribution >= 4 is 27.3 Å². The van der Waals surface area contributed by atoms with Gasteiger partial charge in [-0.3, -0.25) is 0 Å². The van der Waals surface area contributed by atoms with Crippen molar-refractivity contribution in [2.24, 2.45) is 0 Å². The Hall–Kier alpha value is -1.56. The van der Waals surface area contributed by atoms with Crippen LogP contribution < -0.4 is 4.90 Å². The third-order valence-corrected chi connectivity index (χ3v) is 6.70. The number of anilines is 1. The molecule has 0 aliphatic carbocycles. The Balaban J connectivity index is 1.76. The van der Waals surface area contributed by atoms with Crippen LogP contribution >= 0.6 is 11.6 Å². The van der Waals surface area contributed by atoms with E-state index in [2.05, 4.69) is 36.9 Å². The van der Waals surface area contributed by atoms with E-state index < -0.39 is 10.0 Å². The Morgan fingerprint density at radius 3 is 2.28 bits per heavy atom. The van der Waals surface area contributed by atoms with Gasteiger partial charge in [0.25, 0.3) is 0 Å². The molecule has 0 unspecified atom stereocenters. The van der Waals surface area contributed by atoms with Crippen molar-refractivity contribution in [3.8, 4) is 0 Å². The highest BCUT2D eigenvalue weighted by molar-refractivity contribution is 7.89. The largest absolute Gasteiger partial charge is 0.369 e. The van der Waals surface area contributed by atoms with Gasteiger partial charge in [0, 0.05) is 36.9 Å². The van der Waals surface area contributed by atoms with E-state index in [4.69, 9.17) is 11.6 Å². The van der Waals surface area contributed by atoms with Gasteiger partial charge in [0.05, 0.1) is 4.90 Å². The number of benzene rings is 2. The van der Waals surface area contributed by atoms with Crippen molar-refractivity contribution in [3.05, 3.63) is 59.1 Å². The lowest BCUT2D eigenvalue weighted by Gasteiger charge is -2.36. The molecule has 2 aromatic carbocycles. The fraction of sp³-hybridized carbons (Fsp3) is 0.368. The summed E-state index contributed by atoms with van der Waals surface area (Å²) >= 11 is 5.95. The molecule has 0 amide bonds. The normalized spacial score (nSPS) is 16.4. The van der Waals surface area contributed by atoms with Gasteiger partial charge in [0.2, 0.25) is 10.0 Å². The second-order valence-electron chi connectivity index (χ2n) is 6.56. The van der Waals surface area contributed by atoms with Gasteiger partial charge in [-0.15, -0.1) is 0 Å². The van der Waals surface area contributed by atoms with Crippen molar-refractivity contribution in [1.29, 1.82) is 0 Å². The summed E-state index contributed by atoms with van der Waals surface area (Å²) in [6, 6.07) is 14.8. The summed E-state index contributed by atoms with van der Waals surface area (Å²) < 4.78 is 27.2. The van der Waals surface area contributed by atoms with Crippen LogP contribution in [0.5, 0.6) is 0 Å². The Labute approximate surface area is 155 Å². The number of hydrogen-bond donors (Lipinski definition) is 0. The highest BCUT2D eigenvalue weighted by Crippen LogP contribution is 2.29. The molecule has 1 aliphatic heterocycles. The van der Waals surface area contributed by atoms with Crippen LogP contribution in [0, 0.1) is 0 Å². The predicted octanol–water partition coefficient (Wildman–Crippen LogP) is 3.97. The smallest absolute Gasteiger partial charge is 0.243 e. The molecule has 25 heavy (non-hydrogen) atoms. The van der Waals surface area contributed by atoms with Crippen LogP contribution in [0.15, 0.2) is 53.4 Å². The number of piperazine rings is 1. The third-order valence-electron chi connectivity index (χ3n) is 4.57. The second-order valence-corrected chi connectivity index (χ2v) is 8.94. The lowest BCUT2D eigenvalue weighted by atomic mass is 10.00. The zero-order chi connectivity index (χ0) is 18.0. The SMILES string of the molecule is CC(C)c1ccccc1N1CCN(S(=O)(=O)c2cccc(Cl)c2)CC1. The lowest BCUT2D eigenvalue weighted by Crippen LogP contribution is -2.48. The van der Waals surface area contributed by atoms with Gasteiger partial charge >= 0.3 is 0 Å². The standard InChI is InChI=1S/C19H23ClN2O2S/c1-15(2)18-8-3-4-9-19(18)21-10-12-22(13-11-21)25(23,24)17-7-5-6-16(20)14-17/h3-9,14-15H,10-13H2,1-2H3. The van der Waals surface area contributed by atoms with Gasteiger partial charge < -0.3 is 4.90 Å². The predicted molar refractivity (Wildman–Crippen MR) is 103 cm³/mol. The topological polar surface area (TPSA) is 40.6 Å². The minimum absolute atomic E-state index is 0.260. The number of sulfonamides is 1. The van der Waals surface area contributed by atoms with Crippen molar-refractivity contribution in [3.63, 3.8) is 0 Å². The zero-order valence-corrected chi connectivity index (χ0v) is 16.1. The highest BCUT2D eigenvalue weighted by Gasteiger charge is 2.29. The molecule has 1 fully saturated rings. The summed E-state index contributed by atoms with van der Waals surface area (Å²) in [7, 11) is -3.49. The zero-order valence-electron chi connectivity index (χ0n) is 14.5. The average molecular weight is 379 g/mol. The molecular weight excluding hydrogens is 356 g/mol. The summed E-state index contributed by atoms with van der Waals surface area (Å²) in [5, 5.41) is 0.436. The number of hydrogen-bond acceptors (Lipinski definition) is 3. The molecule has 0 saturated carbocycles. The van der Waals surface area contributed by atoms with E-state index in [0.29, 0.717) is 37.1 Å². The molecule has 1 saturated heterocycles. The summed E-state index contributed by atoms with van der Waals surface area (Å²) in [4.78, 5) is 2.54. The Bertz CT molecular complexity index is 844. The third kappa shape index (κ3) is 3.84. The molecule has 0 bridgehead atoms. The summed E-state index contributed by atoms with van der Waals surface area (Å²) in [5.74, 6) is 0.435. The maximum absolute atomic E-state index is 12.8. The first kappa shape index (κ1) is 18.2. The van der Waals surface area contributed by atoms with Crippen LogP contribution in [0.25, 0.3) is 0 Å². The molecule has 0 aromatic heterocycles. The van der Waals surface area contributed by atoms with Crippen molar-refractivity contribution in [2.45, 2.75) is 24.7 Å². The minimum Gasteiger partial charge on any atom is -0.369 e. The molecule has 134 valence electrons. The van der Waals surface area contributed by atoms with Gasteiger partial charge in [-0.2, -0.15) is 4.31 Å². The number of nitrogens with zero attached hydrogens (tertiary/aromatic N) is 2. The Morgan fingerprint density at radius 2 is 1.64 bits per heavy atom. The number of rotatable bonds is 4. The molecule has 3 rings (SSSR count). The number of para-hydroxylation sites is 1. The van der Waals surface area contributed by atoms with Gasteiger partial charge in [-0.05, 0) is 35.7 Å². The van der Waals surface area contributed by atoms with Crippen molar-refractivity contribution in [1.82, 2.24) is 4.31 Å². The van der Waals surface area contributed by atoms with Gasteiger partial charge in [-0.1, -0.05) is 49.7 Å². The van der Waals surface area contributed by atoms with E-state index in [9.17, 15) is 8.42 Å². The van der Waals surface area contributed by atoms with Crippen LogP contribution in [-0.2, 0) is 10.0 Å². The Morgan fingerprint density at radius 1 is 0.960 bits per heavy atom. The molecule has 1 aliphatic rings. The maximum atomic E-state index is 12.8. The van der Waals surface area contributed by atoms with Crippen LogP contribution in [0.1, 0.15) is 25.3 Å². The highest BCUT2D eigenvalue weighted by atomic mass is 35.5. The fourth-order valence-electron chi connectivity index (χ4n) is 3.21. The van der Waals surface area contributed by atoms with Crippen molar-refractivity contribution in [2.75, 3.05) is 31.1 Å². The van der Waals surface area contributed by atoms with Gasteiger partial charge in [0.1, 0.15) is 0 Å². The summed E-state index contributed by atoms with van der Waals surface area (Å²) in [6.45, 7) is 6.67. The maximum Gasteiger partial charge on any atom is 0.243 e. The molecule has 0 spiro atoms. The van der Waals surface area contributed by atoms with Crippen molar-refractivity contribution < 1.29 is 8.42 Å². The van der Waals surface area contributed by atoms with E-state index in [0.717, 1.165) is 0 Å². The van der Waals surface area contributed by atoms with Crippen LogP contribution in [0.4, 0.5) is 5.69 Å². The first-order chi connectivity index (χ1) is 11.9. The van der Waals surface area contributed by atoms with Crippen LogP contribution in [0.2, 0.25) is 5.02 Å². The fourth-order valence-corrected chi connectivity index (χ4v) is 4.93. The molecule has 0 N–H and O–H groups in total. The van der Waals surface area contributed by atoms with E-state index in [1.54, 1.807) is 22.5 Å². The van der Waals surface area contributed by atoms with E-state index in [1.165, 1.54) is 17.3 Å². The van der Waals surface area contributed by atoms with E-state index in [-0.39, 0.29) is 4.90 Å². The molecule has 4 nitrogen and oxygen atoms in total. The molecule has 1 heterocycles. The molecule has 2 aromatic rings. The van der Waals surface area contributed by atoms with Gasteiger partial charge in [0.15, 0.2) is 0 Å². The van der Waals surface area contributed by atoms with Crippen LogP contribution in [0.3, 0.4) is 0 Å². The van der Waals surface area contributed by atoms with E-state index in [1.807, 2.05) is 6.07 Å². The number of halogens is 1. The van der Waals surface area contributed by atoms with Crippen LogP contribution in [-0.4, -0.2) is 38.9 Å². The summed E-state index contributed by atoms with van der Waals surface area (Å²) in [6.07, 6.45) is 0. The first-order valence-corrected chi connectivity index (χ1v) is 10.3. The monoisotopic (exact) mass is 378 g/mol. The molecule has 0 atom stereocenters. The first-order valence-electron chi connectivity index (χ1n) is 8.49. The van der Waals surface area contributed by atoms with Gasteiger partial charge in [-0.25, -0.2) is 8.42 Å². The second kappa shape index (κ2) is 7.36. The minimum atomic E-state index is -3.49. The quantitative estimate of drug-likeness (QED) is 0.808. The molecule has 6 heteroatoms. The molecule has 0 radical (unpaired) electrons.